The highest BCUT2D eigenvalue weighted by molar-refractivity contribution is 7.94. The Balaban J connectivity index is 2.37. The zero-order valence-corrected chi connectivity index (χ0v) is 19.9. The van der Waals surface area contributed by atoms with Crippen molar-refractivity contribution in [2.24, 2.45) is 15.1 Å². The molecule has 1 unspecified atom stereocenters. The zero-order valence-electron chi connectivity index (χ0n) is 19.1. The average Bonchev–Trinajstić information content (AvgIpc) is 3.58. The first-order valence-electron chi connectivity index (χ1n) is 10.4. The molecular formula is C21H24F6N4O4S. The molecule has 8 nitrogen and oxygen atoms in total. The molecule has 0 heterocycles. The number of aliphatic imine (C=N–C) groups is 1. The molecule has 36 heavy (non-hydrogen) atoms. The maximum atomic E-state index is 13.4. The van der Waals surface area contributed by atoms with E-state index in [1.807, 2.05) is 0 Å². The average molecular weight is 543 g/mol. The van der Waals surface area contributed by atoms with Gasteiger partial charge < -0.3 is 20.9 Å². The van der Waals surface area contributed by atoms with Crippen LogP contribution in [0, 0.1) is 0 Å². The van der Waals surface area contributed by atoms with Gasteiger partial charge in [0.25, 0.3) is 0 Å². The fourth-order valence-corrected chi connectivity index (χ4v) is 4.94. The maximum absolute atomic E-state index is 13.4. The smallest absolute Gasteiger partial charge is 0.471 e. The van der Waals surface area contributed by atoms with E-state index in [9.17, 15) is 40.5 Å². The second kappa shape index (κ2) is 10.9. The van der Waals surface area contributed by atoms with Crippen molar-refractivity contribution >= 4 is 27.3 Å². The van der Waals surface area contributed by atoms with Crippen LogP contribution in [0.15, 0.2) is 62.6 Å². The van der Waals surface area contributed by atoms with Gasteiger partial charge in [-0.25, -0.2) is 4.21 Å². The van der Waals surface area contributed by atoms with Crippen LogP contribution in [0.25, 0.3) is 0 Å². The van der Waals surface area contributed by atoms with Gasteiger partial charge in [0.1, 0.15) is 11.7 Å². The summed E-state index contributed by atoms with van der Waals surface area (Å²) in [5.41, 5.74) is 4.47. The first kappa shape index (κ1) is 29.2. The topological polar surface area (TPSA) is 126 Å². The minimum absolute atomic E-state index is 0.120. The number of hydrogen-bond donors (Lipinski definition) is 3. The molecule has 0 spiro atoms. The number of nitrogens with two attached hydrogens (primary N) is 1. The normalized spacial score (nSPS) is 18.9. The van der Waals surface area contributed by atoms with E-state index in [0.717, 1.165) is 12.1 Å². The Hall–Kier alpha value is -3.07. The number of carbonyl (C=O) groups is 1. The largest absolute Gasteiger partial charge is 0.474 e. The number of amides is 1. The fraction of sp³-hybridized carbons (Fsp3) is 0.429. The summed E-state index contributed by atoms with van der Waals surface area (Å²) in [5, 5.41) is 11.3. The van der Waals surface area contributed by atoms with Gasteiger partial charge in [-0.2, -0.15) is 31.3 Å². The van der Waals surface area contributed by atoms with Crippen LogP contribution in [0.1, 0.15) is 26.7 Å². The molecule has 1 amide bonds. The number of hydrogen-bond acceptors (Lipinski definition) is 5. The molecule has 2 rings (SSSR count). The lowest BCUT2D eigenvalue weighted by Crippen LogP contribution is -2.27. The lowest BCUT2D eigenvalue weighted by molar-refractivity contribution is -0.169. The minimum atomic E-state index is -5.27. The zero-order chi connectivity index (χ0) is 27.5. The van der Waals surface area contributed by atoms with Crippen molar-refractivity contribution in [3.8, 4) is 0 Å². The first-order chi connectivity index (χ1) is 16.5. The highest BCUT2D eigenvalue weighted by Gasteiger charge is 2.43. The lowest BCUT2D eigenvalue weighted by Gasteiger charge is -2.20. The van der Waals surface area contributed by atoms with Crippen molar-refractivity contribution in [3.05, 3.63) is 48.4 Å². The van der Waals surface area contributed by atoms with Crippen LogP contribution in [0.3, 0.4) is 0 Å². The van der Waals surface area contributed by atoms with E-state index in [2.05, 4.69) is 21.3 Å². The number of aliphatic hydroxyl groups excluding tert-OH is 1. The summed E-state index contributed by atoms with van der Waals surface area (Å²) < 4.78 is 99.3. The molecule has 1 saturated carbocycles. The van der Waals surface area contributed by atoms with Crippen LogP contribution in [0.4, 0.5) is 32.0 Å². The van der Waals surface area contributed by atoms with Gasteiger partial charge in [0.2, 0.25) is 11.8 Å². The summed E-state index contributed by atoms with van der Waals surface area (Å²) in [5.74, 6) is -3.99. The summed E-state index contributed by atoms with van der Waals surface area (Å²) in [4.78, 5) is 14.8. The van der Waals surface area contributed by atoms with E-state index in [0.29, 0.717) is 18.9 Å². The number of carbonyl (C=O) groups excluding carboxylic acids is 1. The van der Waals surface area contributed by atoms with Crippen molar-refractivity contribution < 1.29 is 45.2 Å². The van der Waals surface area contributed by atoms with Crippen LogP contribution >= 0.6 is 0 Å². The van der Waals surface area contributed by atoms with Gasteiger partial charge in [0.05, 0.1) is 15.8 Å². The van der Waals surface area contributed by atoms with Crippen molar-refractivity contribution in [1.29, 1.82) is 0 Å². The van der Waals surface area contributed by atoms with Crippen molar-refractivity contribution in [2.75, 3.05) is 5.32 Å². The first-order valence-corrected chi connectivity index (χ1v) is 11.9. The van der Waals surface area contributed by atoms with Crippen molar-refractivity contribution in [2.45, 2.75) is 61.4 Å². The van der Waals surface area contributed by atoms with E-state index in [1.54, 1.807) is 0 Å². The summed E-state index contributed by atoms with van der Waals surface area (Å²) in [6.45, 7) is 5.71. The van der Waals surface area contributed by atoms with Gasteiger partial charge >= 0.3 is 18.3 Å². The molecule has 0 saturated heterocycles. The fourth-order valence-electron chi connectivity index (χ4n) is 2.65. The third kappa shape index (κ3) is 7.46. The highest BCUT2D eigenvalue weighted by Crippen LogP contribution is 2.37. The van der Waals surface area contributed by atoms with E-state index in [4.69, 9.17) is 10.5 Å². The Bertz CT molecular complexity index is 1160. The Morgan fingerprint density at radius 2 is 1.75 bits per heavy atom. The van der Waals surface area contributed by atoms with E-state index < -0.39 is 62.9 Å². The molecule has 0 radical (unpaired) electrons. The molecule has 200 valence electrons. The van der Waals surface area contributed by atoms with Gasteiger partial charge in [-0.1, -0.05) is 12.7 Å². The lowest BCUT2D eigenvalue weighted by atomic mass is 10.2. The van der Waals surface area contributed by atoms with Gasteiger partial charge in [0.15, 0.2) is 0 Å². The molecule has 1 aliphatic carbocycles. The van der Waals surface area contributed by atoms with E-state index in [1.165, 1.54) is 26.0 Å². The molecule has 1 aliphatic rings. The molecule has 1 aromatic rings. The maximum Gasteiger partial charge on any atom is 0.474 e. The molecule has 1 fully saturated rings. The Morgan fingerprint density at radius 3 is 2.17 bits per heavy atom. The predicted octanol–water partition coefficient (Wildman–Crippen LogP) is 4.24. The van der Waals surface area contributed by atoms with Gasteiger partial charge in [0, 0.05) is 15.8 Å². The number of rotatable bonds is 8. The molecular weight excluding hydrogens is 518 g/mol. The molecule has 0 aromatic heterocycles. The van der Waals surface area contributed by atoms with Crippen molar-refractivity contribution in [3.63, 3.8) is 0 Å². The Labute approximate surface area is 203 Å². The highest BCUT2D eigenvalue weighted by atomic mass is 32.2. The monoisotopic (exact) mass is 542 g/mol. The minimum Gasteiger partial charge on any atom is -0.471 e. The number of guanidine groups is 1. The second-order valence-corrected chi connectivity index (χ2v) is 10.3. The Kier molecular flexibility index (Phi) is 8.83. The molecule has 1 aromatic carbocycles. The summed E-state index contributed by atoms with van der Waals surface area (Å²) >= 11 is 0. The van der Waals surface area contributed by atoms with Gasteiger partial charge in [-0.3, -0.25) is 4.79 Å². The Morgan fingerprint density at radius 1 is 1.19 bits per heavy atom. The van der Waals surface area contributed by atoms with Crippen LogP contribution in [0.5, 0.6) is 0 Å². The molecule has 4 N–H and O–H groups in total. The second-order valence-electron chi connectivity index (χ2n) is 7.79. The van der Waals surface area contributed by atoms with Crippen molar-refractivity contribution in [1.82, 2.24) is 0 Å². The third-order valence-electron chi connectivity index (χ3n) is 4.84. The number of allylic oxidation sites excluding steroid dienone is 2. The van der Waals surface area contributed by atoms with Gasteiger partial charge in [-0.05, 0) is 51.0 Å². The summed E-state index contributed by atoms with van der Waals surface area (Å²) in [7, 11) is -3.69. The van der Waals surface area contributed by atoms with E-state index in [-0.39, 0.29) is 10.6 Å². The summed E-state index contributed by atoms with van der Waals surface area (Å²) in [6, 6.07) is 4.79. The number of ether oxygens (including phenoxy) is 1. The number of nitrogens with one attached hydrogen (secondary N) is 1. The quantitative estimate of drug-likeness (QED) is 0.148. The predicted molar refractivity (Wildman–Crippen MR) is 120 cm³/mol. The molecule has 15 heteroatoms. The van der Waals surface area contributed by atoms with Crippen LogP contribution < -0.4 is 11.1 Å². The number of benzene rings is 1. The van der Waals surface area contributed by atoms with Crippen LogP contribution in [-0.2, 0) is 19.3 Å². The van der Waals surface area contributed by atoms with Crippen LogP contribution in [-0.4, -0.2) is 51.0 Å². The third-order valence-corrected chi connectivity index (χ3v) is 7.60. The van der Waals surface area contributed by atoms with E-state index >= 15 is 0 Å². The number of alkyl halides is 6. The number of anilines is 1. The standard InChI is InChI=1S/C21H24F6N4O4S/c1-4-16(20(22,23)24)17(35-12(3)11(2)32)30-19(28)29-13-5-7-14(8-6-13)36(34,15-9-10-15)31-18(33)21(25,26)27/h4-8,11-12,15,32H,1,9-10H2,2-3H3,(H3,28,29,30)/b17-16-/t11-,12-,36?/m1/s1. The number of aliphatic hydroxyl groups is 1. The van der Waals surface area contributed by atoms with Crippen LogP contribution in [0.2, 0.25) is 0 Å². The SMILES string of the molecule is C=C/C(=C(\N=C(N)Nc1ccc(S(=O)(=NC(=O)C(F)(F)F)C2CC2)cc1)O[C@H](C)[C@@H](C)O)C(F)(F)F. The molecule has 0 aliphatic heterocycles. The molecule has 3 atom stereocenters. The number of halogens is 6. The van der Waals surface area contributed by atoms with Gasteiger partial charge in [-0.15, -0.1) is 4.36 Å². The number of nitrogens with zero attached hydrogens (tertiary/aromatic N) is 2. The summed E-state index contributed by atoms with van der Waals surface area (Å²) in [6.07, 6.45) is -11.3. The molecule has 0 bridgehead atoms.